The van der Waals surface area contributed by atoms with Crippen LogP contribution < -0.4 is 20.1 Å². The van der Waals surface area contributed by atoms with Crippen LogP contribution in [-0.2, 0) is 4.79 Å². The number of rotatable bonds is 9. The Labute approximate surface area is 178 Å². The number of anilines is 1. The molecule has 158 valence electrons. The maximum atomic E-state index is 12.7. The zero-order chi connectivity index (χ0) is 21.5. The van der Waals surface area contributed by atoms with Gasteiger partial charge in [-0.05, 0) is 68.8 Å². The van der Waals surface area contributed by atoms with Gasteiger partial charge in [0.1, 0.15) is 6.04 Å². The first-order valence-electron chi connectivity index (χ1n) is 10.6. The highest BCUT2D eigenvalue weighted by atomic mass is 16.5. The largest absolute Gasteiger partial charge is 0.490 e. The highest BCUT2D eigenvalue weighted by molar-refractivity contribution is 5.96. The van der Waals surface area contributed by atoms with E-state index < -0.39 is 0 Å². The summed E-state index contributed by atoms with van der Waals surface area (Å²) in [5, 5.41) is 7.36. The van der Waals surface area contributed by atoms with E-state index in [1.54, 1.807) is 0 Å². The average Bonchev–Trinajstić information content (AvgIpc) is 2.75. The number of benzene rings is 3. The molecule has 3 rings (SSSR count). The van der Waals surface area contributed by atoms with Gasteiger partial charge in [-0.2, -0.15) is 0 Å². The Balaban J connectivity index is 1.65. The first kappa shape index (κ1) is 21.7. The zero-order valence-corrected chi connectivity index (χ0v) is 18.1. The molecule has 5 heteroatoms. The van der Waals surface area contributed by atoms with E-state index in [1.165, 1.54) is 0 Å². The minimum atomic E-state index is -0.242. The number of nitrogens with two attached hydrogens (primary N) is 1. The minimum absolute atomic E-state index is 0.0203. The van der Waals surface area contributed by atoms with Crippen molar-refractivity contribution in [1.29, 1.82) is 0 Å². The Morgan fingerprint density at radius 2 is 1.60 bits per heavy atom. The lowest BCUT2D eigenvalue weighted by atomic mass is 10.1. The van der Waals surface area contributed by atoms with Crippen LogP contribution in [0.25, 0.3) is 10.8 Å². The Hall–Kier alpha value is -3.05. The van der Waals surface area contributed by atoms with Crippen molar-refractivity contribution in [3.05, 3.63) is 66.2 Å². The Bertz CT molecular complexity index is 1000. The fourth-order valence-electron chi connectivity index (χ4n) is 3.51. The fourth-order valence-corrected chi connectivity index (χ4v) is 3.51. The van der Waals surface area contributed by atoms with Crippen molar-refractivity contribution < 1.29 is 19.6 Å². The van der Waals surface area contributed by atoms with Crippen LogP contribution in [0.2, 0.25) is 0 Å². The SMILES string of the molecule is CCOc1ccc([C@@H](C)[NH2+][C@@H](C)C(=O)Nc2ccc3ccccc3c2)cc1OCC. The van der Waals surface area contributed by atoms with Crippen molar-refractivity contribution in [3.63, 3.8) is 0 Å². The molecule has 0 aliphatic heterocycles. The summed E-state index contributed by atoms with van der Waals surface area (Å²) in [5.74, 6) is 1.47. The van der Waals surface area contributed by atoms with E-state index >= 15 is 0 Å². The lowest BCUT2D eigenvalue weighted by Gasteiger charge is -2.19. The van der Waals surface area contributed by atoms with Crippen LogP contribution in [0.4, 0.5) is 5.69 Å². The molecule has 3 aromatic carbocycles. The molecule has 0 spiro atoms. The second-order valence-corrected chi connectivity index (χ2v) is 7.39. The maximum Gasteiger partial charge on any atom is 0.282 e. The maximum absolute atomic E-state index is 12.7. The van der Waals surface area contributed by atoms with Crippen molar-refractivity contribution in [2.24, 2.45) is 0 Å². The molecule has 0 radical (unpaired) electrons. The highest BCUT2D eigenvalue weighted by Crippen LogP contribution is 2.30. The first-order chi connectivity index (χ1) is 14.5. The van der Waals surface area contributed by atoms with Crippen LogP contribution in [0.15, 0.2) is 60.7 Å². The second kappa shape index (κ2) is 10.1. The van der Waals surface area contributed by atoms with Gasteiger partial charge in [0.25, 0.3) is 5.91 Å². The molecular formula is C25H31N2O3+. The lowest BCUT2D eigenvalue weighted by Crippen LogP contribution is -2.91. The number of ether oxygens (including phenoxy) is 2. The third-order valence-corrected chi connectivity index (χ3v) is 5.10. The van der Waals surface area contributed by atoms with Crippen LogP contribution in [0.3, 0.4) is 0 Å². The van der Waals surface area contributed by atoms with Gasteiger partial charge in [0.05, 0.1) is 13.2 Å². The highest BCUT2D eigenvalue weighted by Gasteiger charge is 2.21. The zero-order valence-electron chi connectivity index (χ0n) is 18.1. The molecule has 5 nitrogen and oxygen atoms in total. The van der Waals surface area contributed by atoms with Gasteiger partial charge in [0.15, 0.2) is 17.5 Å². The molecule has 1 amide bonds. The van der Waals surface area contributed by atoms with Crippen molar-refractivity contribution in [3.8, 4) is 11.5 Å². The number of fused-ring (bicyclic) bond motifs is 1. The molecule has 3 aromatic rings. The van der Waals surface area contributed by atoms with Crippen molar-refractivity contribution in [2.45, 2.75) is 39.8 Å². The topological polar surface area (TPSA) is 64.2 Å². The Kier molecular flexibility index (Phi) is 7.31. The third kappa shape index (κ3) is 5.30. The predicted octanol–water partition coefficient (Wildman–Crippen LogP) is 4.29. The van der Waals surface area contributed by atoms with E-state index in [4.69, 9.17) is 9.47 Å². The molecule has 2 atom stereocenters. The molecule has 30 heavy (non-hydrogen) atoms. The molecule has 0 aliphatic carbocycles. The van der Waals surface area contributed by atoms with Gasteiger partial charge < -0.3 is 20.1 Å². The second-order valence-electron chi connectivity index (χ2n) is 7.39. The standard InChI is InChI=1S/C25H30N2O3/c1-5-29-23-14-12-20(16-24(23)30-6-2)17(3)26-18(4)25(28)27-22-13-11-19-9-7-8-10-21(19)15-22/h7-18,26H,5-6H2,1-4H3,(H,27,28)/p+1/t17-,18+/m1/s1. The summed E-state index contributed by atoms with van der Waals surface area (Å²) < 4.78 is 11.4. The number of amides is 1. The van der Waals surface area contributed by atoms with Gasteiger partial charge in [-0.15, -0.1) is 0 Å². The number of carbonyl (C=O) groups is 1. The van der Waals surface area contributed by atoms with Gasteiger partial charge in [-0.3, -0.25) is 4.79 Å². The average molecular weight is 408 g/mol. The summed E-state index contributed by atoms with van der Waals surface area (Å²) in [6.45, 7) is 9.09. The summed E-state index contributed by atoms with van der Waals surface area (Å²) >= 11 is 0. The minimum Gasteiger partial charge on any atom is -0.490 e. The van der Waals surface area contributed by atoms with Gasteiger partial charge in [-0.25, -0.2) is 0 Å². The monoisotopic (exact) mass is 407 g/mol. The summed E-state index contributed by atoms with van der Waals surface area (Å²) in [4.78, 5) is 12.7. The van der Waals surface area contributed by atoms with E-state index in [0.717, 1.165) is 33.5 Å². The Morgan fingerprint density at radius 1 is 0.900 bits per heavy atom. The first-order valence-corrected chi connectivity index (χ1v) is 10.6. The van der Waals surface area contributed by atoms with Gasteiger partial charge in [0.2, 0.25) is 0 Å². The lowest BCUT2D eigenvalue weighted by molar-refractivity contribution is -0.709. The Morgan fingerprint density at radius 3 is 2.33 bits per heavy atom. The molecule has 0 heterocycles. The summed E-state index contributed by atoms with van der Waals surface area (Å²) in [6.07, 6.45) is 0. The number of carbonyl (C=O) groups excluding carboxylic acids is 1. The third-order valence-electron chi connectivity index (χ3n) is 5.10. The predicted molar refractivity (Wildman–Crippen MR) is 121 cm³/mol. The van der Waals surface area contributed by atoms with Gasteiger partial charge in [0, 0.05) is 11.3 Å². The molecule has 0 saturated heterocycles. The van der Waals surface area contributed by atoms with Crippen LogP contribution >= 0.6 is 0 Å². The summed E-state index contributed by atoms with van der Waals surface area (Å²) in [6, 6.07) is 19.9. The molecule has 0 saturated carbocycles. The van der Waals surface area contributed by atoms with Crippen LogP contribution in [0.5, 0.6) is 11.5 Å². The number of hydrogen-bond donors (Lipinski definition) is 2. The number of quaternary nitrogens is 1. The molecule has 0 aromatic heterocycles. The van der Waals surface area contributed by atoms with Crippen molar-refractivity contribution >= 4 is 22.4 Å². The van der Waals surface area contributed by atoms with Crippen molar-refractivity contribution in [1.82, 2.24) is 0 Å². The van der Waals surface area contributed by atoms with E-state index in [2.05, 4.69) is 23.6 Å². The molecule has 0 fully saturated rings. The number of hydrogen-bond acceptors (Lipinski definition) is 3. The quantitative estimate of drug-likeness (QED) is 0.556. The normalized spacial score (nSPS) is 12.9. The molecule has 3 N–H and O–H groups in total. The summed E-state index contributed by atoms with van der Waals surface area (Å²) in [5.41, 5.74) is 1.90. The van der Waals surface area contributed by atoms with Gasteiger partial charge >= 0.3 is 0 Å². The summed E-state index contributed by atoms with van der Waals surface area (Å²) in [7, 11) is 0. The van der Waals surface area contributed by atoms with Crippen LogP contribution in [0.1, 0.15) is 39.3 Å². The van der Waals surface area contributed by atoms with E-state index in [1.807, 2.05) is 75.4 Å². The number of nitrogens with one attached hydrogen (secondary N) is 1. The van der Waals surface area contributed by atoms with Gasteiger partial charge in [-0.1, -0.05) is 30.3 Å². The molecule has 0 unspecified atom stereocenters. The van der Waals surface area contributed by atoms with Crippen LogP contribution in [0, 0.1) is 0 Å². The van der Waals surface area contributed by atoms with Crippen molar-refractivity contribution in [2.75, 3.05) is 18.5 Å². The van der Waals surface area contributed by atoms with E-state index in [0.29, 0.717) is 13.2 Å². The van der Waals surface area contributed by atoms with E-state index in [-0.39, 0.29) is 18.0 Å². The smallest absolute Gasteiger partial charge is 0.282 e. The fraction of sp³-hybridized carbons (Fsp3) is 0.320. The molecular weight excluding hydrogens is 376 g/mol. The van der Waals surface area contributed by atoms with Crippen LogP contribution in [-0.4, -0.2) is 25.2 Å². The molecule has 0 aliphatic rings. The molecule has 0 bridgehead atoms. The van der Waals surface area contributed by atoms with E-state index in [9.17, 15) is 4.79 Å².